The molecule has 0 fully saturated rings. The third-order valence-electron chi connectivity index (χ3n) is 2.72. The van der Waals surface area contributed by atoms with Gasteiger partial charge in [-0.1, -0.05) is 12.1 Å². The maximum Gasteiger partial charge on any atom is 0.337 e. The molecule has 0 radical (unpaired) electrons. The zero-order valence-electron chi connectivity index (χ0n) is 11.3. The van der Waals surface area contributed by atoms with Crippen molar-refractivity contribution in [3.63, 3.8) is 0 Å². The van der Waals surface area contributed by atoms with Crippen LogP contribution in [0, 0.1) is 6.92 Å². The summed E-state index contributed by atoms with van der Waals surface area (Å²) in [5.74, 6) is 0.000216. The van der Waals surface area contributed by atoms with E-state index in [1.54, 1.807) is 26.2 Å². The summed E-state index contributed by atoms with van der Waals surface area (Å²) in [6.45, 7) is 2.14. The van der Waals surface area contributed by atoms with Crippen molar-refractivity contribution in [3.05, 3.63) is 53.2 Å². The van der Waals surface area contributed by atoms with Gasteiger partial charge in [0.1, 0.15) is 5.75 Å². The van der Waals surface area contributed by atoms with Gasteiger partial charge in [0.2, 0.25) is 5.88 Å². The molecule has 1 aromatic carbocycles. The first-order valence-corrected chi connectivity index (χ1v) is 6.07. The van der Waals surface area contributed by atoms with Crippen LogP contribution in [0.1, 0.15) is 21.6 Å². The van der Waals surface area contributed by atoms with Crippen LogP contribution in [0.5, 0.6) is 11.6 Å². The van der Waals surface area contributed by atoms with Gasteiger partial charge >= 0.3 is 5.97 Å². The highest BCUT2D eigenvalue weighted by molar-refractivity contribution is 5.88. The number of carbonyl (C=O) groups is 1. The Labute approximate surface area is 116 Å². The van der Waals surface area contributed by atoms with Crippen molar-refractivity contribution in [2.24, 2.45) is 0 Å². The highest BCUT2D eigenvalue weighted by Crippen LogP contribution is 2.22. The van der Waals surface area contributed by atoms with E-state index in [0.717, 1.165) is 5.56 Å². The fraction of sp³-hybridized carbons (Fsp3) is 0.200. The first kappa shape index (κ1) is 14.0. The smallest absolute Gasteiger partial charge is 0.337 e. The van der Waals surface area contributed by atoms with Gasteiger partial charge in [-0.05, 0) is 30.7 Å². The number of methoxy groups -OCH3 is 1. The predicted octanol–water partition coefficient (Wildman–Crippen LogP) is 3.03. The van der Waals surface area contributed by atoms with Crippen molar-refractivity contribution in [1.29, 1.82) is 0 Å². The summed E-state index contributed by atoms with van der Waals surface area (Å²) in [5, 5.41) is 8.95. The topological polar surface area (TPSA) is 68.7 Å². The molecule has 0 spiro atoms. The number of hydrogen-bond donors (Lipinski definition) is 1. The molecule has 2 aromatic rings. The van der Waals surface area contributed by atoms with E-state index in [2.05, 4.69) is 4.98 Å². The second kappa shape index (κ2) is 6.16. The summed E-state index contributed by atoms with van der Waals surface area (Å²) in [7, 11) is 1.63. The summed E-state index contributed by atoms with van der Waals surface area (Å²) in [4.78, 5) is 15.0. The lowest BCUT2D eigenvalue weighted by Gasteiger charge is -2.08. The molecule has 5 heteroatoms. The quantitative estimate of drug-likeness (QED) is 0.906. The number of aryl methyl sites for hydroxylation is 1. The van der Waals surface area contributed by atoms with Crippen LogP contribution in [-0.4, -0.2) is 23.2 Å². The maximum atomic E-state index is 10.9. The van der Waals surface area contributed by atoms with E-state index in [1.807, 2.05) is 18.2 Å². The molecule has 1 heterocycles. The molecule has 20 heavy (non-hydrogen) atoms. The van der Waals surface area contributed by atoms with Crippen LogP contribution < -0.4 is 4.74 Å². The first-order valence-electron chi connectivity index (χ1n) is 6.07. The summed E-state index contributed by atoms with van der Waals surface area (Å²) < 4.78 is 10.7. The minimum atomic E-state index is -0.997. The van der Waals surface area contributed by atoms with Gasteiger partial charge in [0.05, 0.1) is 17.9 Å². The van der Waals surface area contributed by atoms with Crippen molar-refractivity contribution in [2.75, 3.05) is 7.11 Å². The number of aromatic nitrogens is 1. The van der Waals surface area contributed by atoms with Crippen LogP contribution in [0.3, 0.4) is 0 Å². The van der Waals surface area contributed by atoms with E-state index in [9.17, 15) is 4.79 Å². The highest BCUT2D eigenvalue weighted by Gasteiger charge is 2.09. The molecule has 104 valence electrons. The third-order valence-corrected chi connectivity index (χ3v) is 2.72. The monoisotopic (exact) mass is 273 g/mol. The molecule has 0 atom stereocenters. The average Bonchev–Trinajstić information content (AvgIpc) is 2.39. The van der Waals surface area contributed by atoms with Gasteiger partial charge in [-0.3, -0.25) is 0 Å². The number of ether oxygens (including phenoxy) is 2. The lowest BCUT2D eigenvalue weighted by Crippen LogP contribution is -2.02. The van der Waals surface area contributed by atoms with E-state index < -0.39 is 5.97 Å². The van der Waals surface area contributed by atoms with Crippen LogP contribution in [0.2, 0.25) is 0 Å². The van der Waals surface area contributed by atoms with Gasteiger partial charge in [-0.2, -0.15) is 0 Å². The molecule has 2 rings (SSSR count). The number of rotatable bonds is 5. The van der Waals surface area contributed by atoms with Gasteiger partial charge in [0.15, 0.2) is 0 Å². The zero-order valence-corrected chi connectivity index (χ0v) is 11.3. The maximum absolute atomic E-state index is 10.9. The molecule has 0 saturated carbocycles. The molecular weight excluding hydrogens is 258 g/mol. The summed E-state index contributed by atoms with van der Waals surface area (Å²) in [6.07, 6.45) is 0. The summed E-state index contributed by atoms with van der Waals surface area (Å²) in [5.41, 5.74) is 1.58. The molecule has 1 N–H and O–H groups in total. The summed E-state index contributed by atoms with van der Waals surface area (Å²) in [6, 6.07) is 10.5. The average molecular weight is 273 g/mol. The summed E-state index contributed by atoms with van der Waals surface area (Å²) >= 11 is 0. The Morgan fingerprint density at radius 2 is 2.10 bits per heavy atom. The van der Waals surface area contributed by atoms with Gasteiger partial charge < -0.3 is 14.6 Å². The standard InChI is InChI=1S/C15H15NO4/c1-10-13(15(17)18)6-7-14(16-10)20-12-5-3-4-11(8-12)9-19-2/h3-8H,9H2,1-2H3,(H,17,18). The largest absolute Gasteiger partial charge is 0.478 e. The van der Waals surface area contributed by atoms with Gasteiger partial charge in [-0.25, -0.2) is 9.78 Å². The molecule has 0 saturated heterocycles. The molecular formula is C15H15NO4. The molecule has 0 aliphatic rings. The number of carboxylic acids is 1. The van der Waals surface area contributed by atoms with Gasteiger partial charge in [-0.15, -0.1) is 0 Å². The number of carboxylic acid groups (broad SMARTS) is 1. The van der Waals surface area contributed by atoms with E-state index in [0.29, 0.717) is 23.9 Å². The molecule has 0 amide bonds. The third kappa shape index (κ3) is 3.33. The van der Waals surface area contributed by atoms with E-state index in [-0.39, 0.29) is 5.56 Å². The number of nitrogens with zero attached hydrogens (tertiary/aromatic N) is 1. The molecule has 1 aromatic heterocycles. The van der Waals surface area contributed by atoms with Crippen LogP contribution >= 0.6 is 0 Å². The predicted molar refractivity (Wildman–Crippen MR) is 73.2 cm³/mol. The second-order valence-corrected chi connectivity index (χ2v) is 4.27. The van der Waals surface area contributed by atoms with Crippen LogP contribution in [0.4, 0.5) is 0 Å². The highest BCUT2D eigenvalue weighted by atomic mass is 16.5. The SMILES string of the molecule is COCc1cccc(Oc2ccc(C(=O)O)c(C)n2)c1. The lowest BCUT2D eigenvalue weighted by molar-refractivity contribution is 0.0695. The van der Waals surface area contributed by atoms with E-state index in [1.165, 1.54) is 6.07 Å². The van der Waals surface area contributed by atoms with Crippen molar-refractivity contribution in [3.8, 4) is 11.6 Å². The Balaban J connectivity index is 2.19. The van der Waals surface area contributed by atoms with E-state index in [4.69, 9.17) is 14.6 Å². The Hall–Kier alpha value is -2.40. The minimum Gasteiger partial charge on any atom is -0.478 e. The fourth-order valence-corrected chi connectivity index (χ4v) is 1.81. The molecule has 0 bridgehead atoms. The Bertz CT molecular complexity index is 625. The van der Waals surface area contributed by atoms with Crippen LogP contribution in [0.15, 0.2) is 36.4 Å². The molecule has 0 unspecified atom stereocenters. The van der Waals surface area contributed by atoms with Gasteiger partial charge in [0, 0.05) is 13.2 Å². The van der Waals surface area contributed by atoms with E-state index >= 15 is 0 Å². The molecule has 5 nitrogen and oxygen atoms in total. The van der Waals surface area contributed by atoms with Crippen molar-refractivity contribution in [1.82, 2.24) is 4.98 Å². The number of benzene rings is 1. The zero-order chi connectivity index (χ0) is 14.5. The Morgan fingerprint density at radius 1 is 1.30 bits per heavy atom. The normalized spacial score (nSPS) is 10.3. The van der Waals surface area contributed by atoms with Crippen LogP contribution in [-0.2, 0) is 11.3 Å². The fourth-order valence-electron chi connectivity index (χ4n) is 1.81. The lowest BCUT2D eigenvalue weighted by atomic mass is 10.2. The molecule has 0 aliphatic heterocycles. The Kier molecular flexibility index (Phi) is 4.32. The number of hydrogen-bond acceptors (Lipinski definition) is 4. The second-order valence-electron chi connectivity index (χ2n) is 4.27. The Morgan fingerprint density at radius 3 is 2.75 bits per heavy atom. The number of pyridine rings is 1. The van der Waals surface area contributed by atoms with Crippen molar-refractivity contribution < 1.29 is 19.4 Å². The van der Waals surface area contributed by atoms with Crippen LogP contribution in [0.25, 0.3) is 0 Å². The van der Waals surface area contributed by atoms with Crippen molar-refractivity contribution >= 4 is 5.97 Å². The molecule has 0 aliphatic carbocycles. The first-order chi connectivity index (χ1) is 9.60. The minimum absolute atomic E-state index is 0.172. The van der Waals surface area contributed by atoms with Crippen molar-refractivity contribution in [2.45, 2.75) is 13.5 Å². The number of aromatic carboxylic acids is 1. The van der Waals surface area contributed by atoms with Gasteiger partial charge in [0.25, 0.3) is 0 Å².